The number of carbonyl (C=O) groups excluding carboxylic acids is 1. The van der Waals surface area contributed by atoms with Crippen LogP contribution >= 0.6 is 0 Å². The number of rotatable bonds is 1. The molecule has 0 aliphatic heterocycles. The van der Waals surface area contributed by atoms with E-state index in [1.54, 1.807) is 0 Å². The molecule has 74 valence electrons. The minimum absolute atomic E-state index is 0.180. The summed E-state index contributed by atoms with van der Waals surface area (Å²) in [6, 6.07) is -0.180. The second kappa shape index (κ2) is 2.20. The van der Waals surface area contributed by atoms with Gasteiger partial charge in [0.05, 0.1) is 12.5 Å². The van der Waals surface area contributed by atoms with Crippen LogP contribution in [0.2, 0.25) is 0 Å². The fourth-order valence-electron chi connectivity index (χ4n) is 2.38. The van der Waals surface area contributed by atoms with Crippen molar-refractivity contribution in [1.29, 1.82) is 0 Å². The predicted molar refractivity (Wildman–Crippen MR) is 40.1 cm³/mol. The number of carbonyl (C=O) groups is 1. The first-order chi connectivity index (χ1) is 5.95. The first-order valence-electron chi connectivity index (χ1n) is 4.17. The van der Waals surface area contributed by atoms with Crippen molar-refractivity contribution >= 4 is 5.97 Å². The third kappa shape index (κ3) is 0.829. The summed E-state index contributed by atoms with van der Waals surface area (Å²) in [5.41, 5.74) is 4.28. The molecular weight excluding hydrogens is 180 g/mol. The summed E-state index contributed by atoms with van der Waals surface area (Å²) >= 11 is 0. The monoisotopic (exact) mass is 191 g/mol. The fraction of sp³-hybridized carbons (Fsp3) is 0.875. The van der Waals surface area contributed by atoms with Crippen molar-refractivity contribution in [1.82, 2.24) is 0 Å². The molecule has 13 heavy (non-hydrogen) atoms. The first kappa shape index (κ1) is 8.87. The molecule has 3 nitrogen and oxygen atoms in total. The predicted octanol–water partition coefficient (Wildman–Crippen LogP) is 0.532. The summed E-state index contributed by atoms with van der Waals surface area (Å²) in [4.78, 5) is 11.0. The van der Waals surface area contributed by atoms with Crippen LogP contribution in [0.25, 0.3) is 0 Å². The molecule has 1 atom stereocenters. The molecule has 0 amide bonds. The Morgan fingerprint density at radius 1 is 1.54 bits per heavy atom. The Balaban J connectivity index is 2.13. The maximum atomic E-state index is 13.2. The Morgan fingerprint density at radius 3 is 2.46 bits per heavy atom. The van der Waals surface area contributed by atoms with Crippen molar-refractivity contribution in [3.63, 3.8) is 0 Å². The van der Waals surface area contributed by atoms with Crippen LogP contribution in [0.1, 0.15) is 12.8 Å². The maximum Gasteiger partial charge on any atom is 0.315 e. The van der Waals surface area contributed by atoms with Gasteiger partial charge in [-0.05, 0) is 12.8 Å². The second-order valence-electron chi connectivity index (χ2n) is 3.90. The highest BCUT2D eigenvalue weighted by Gasteiger charge is 2.86. The quantitative estimate of drug-likeness (QED) is 0.615. The lowest BCUT2D eigenvalue weighted by Gasteiger charge is -2.32. The number of halogens is 2. The summed E-state index contributed by atoms with van der Waals surface area (Å²) in [7, 11) is 1.13. The number of esters is 1. The highest BCUT2D eigenvalue weighted by Crippen LogP contribution is 2.75. The molecule has 2 fully saturated rings. The van der Waals surface area contributed by atoms with Crippen LogP contribution in [0.5, 0.6) is 0 Å². The van der Waals surface area contributed by atoms with Crippen LogP contribution in [-0.2, 0) is 9.53 Å². The van der Waals surface area contributed by atoms with E-state index in [1.165, 1.54) is 0 Å². The average Bonchev–Trinajstić information content (AvgIpc) is 2.47. The van der Waals surface area contributed by atoms with E-state index in [1.807, 2.05) is 0 Å². The minimum Gasteiger partial charge on any atom is -0.469 e. The standard InChI is InChI=1S/C8H11F2NO2/c1-13-6(12)5-7(8(5,9)10)2-4(11)3-7/h4-5H,2-3,11H2,1H3. The molecule has 2 N–H and O–H groups in total. The summed E-state index contributed by atoms with van der Waals surface area (Å²) in [5.74, 6) is -4.95. The molecule has 0 saturated heterocycles. The zero-order valence-corrected chi connectivity index (χ0v) is 7.22. The van der Waals surface area contributed by atoms with E-state index >= 15 is 0 Å². The number of alkyl halides is 2. The smallest absolute Gasteiger partial charge is 0.315 e. The molecule has 1 spiro atoms. The molecule has 5 heteroatoms. The van der Waals surface area contributed by atoms with Gasteiger partial charge in [0.1, 0.15) is 5.92 Å². The number of hydrogen-bond donors (Lipinski definition) is 1. The van der Waals surface area contributed by atoms with Gasteiger partial charge in [-0.2, -0.15) is 0 Å². The number of methoxy groups -OCH3 is 1. The molecule has 1 unspecified atom stereocenters. The lowest BCUT2D eigenvalue weighted by molar-refractivity contribution is -0.145. The molecule has 2 aliphatic rings. The summed E-state index contributed by atoms with van der Waals surface area (Å²) in [5, 5.41) is 0. The van der Waals surface area contributed by atoms with E-state index in [4.69, 9.17) is 5.73 Å². The van der Waals surface area contributed by atoms with Gasteiger partial charge in [-0.25, -0.2) is 8.78 Å². The van der Waals surface area contributed by atoms with Gasteiger partial charge in [0.15, 0.2) is 0 Å². The first-order valence-corrected chi connectivity index (χ1v) is 4.17. The fourth-order valence-corrected chi connectivity index (χ4v) is 2.38. The Labute approximate surface area is 74.2 Å². The second-order valence-corrected chi connectivity index (χ2v) is 3.90. The van der Waals surface area contributed by atoms with Gasteiger partial charge in [0.2, 0.25) is 0 Å². The van der Waals surface area contributed by atoms with Gasteiger partial charge in [0, 0.05) is 6.04 Å². The van der Waals surface area contributed by atoms with E-state index in [9.17, 15) is 13.6 Å². The number of hydrogen-bond acceptors (Lipinski definition) is 3. The highest BCUT2D eigenvalue weighted by molar-refractivity contribution is 5.80. The molecule has 0 bridgehead atoms. The topological polar surface area (TPSA) is 52.3 Å². The zero-order chi connectivity index (χ0) is 9.85. The van der Waals surface area contributed by atoms with Crippen molar-refractivity contribution in [2.24, 2.45) is 17.1 Å². The van der Waals surface area contributed by atoms with Crippen molar-refractivity contribution in [2.75, 3.05) is 7.11 Å². The van der Waals surface area contributed by atoms with Crippen LogP contribution in [0.4, 0.5) is 8.78 Å². The normalized spacial score (nSPS) is 45.5. The van der Waals surface area contributed by atoms with Crippen LogP contribution in [0.15, 0.2) is 0 Å². The molecule has 2 aliphatic carbocycles. The van der Waals surface area contributed by atoms with E-state index in [0.717, 1.165) is 7.11 Å². The Bertz CT molecular complexity index is 261. The highest BCUT2D eigenvalue weighted by atomic mass is 19.3. The molecule has 0 heterocycles. The van der Waals surface area contributed by atoms with E-state index in [0.29, 0.717) is 0 Å². The Kier molecular flexibility index (Phi) is 1.50. The number of nitrogens with two attached hydrogens (primary N) is 1. The van der Waals surface area contributed by atoms with E-state index < -0.39 is 23.2 Å². The largest absolute Gasteiger partial charge is 0.469 e. The zero-order valence-electron chi connectivity index (χ0n) is 7.22. The third-order valence-corrected chi connectivity index (χ3v) is 3.19. The van der Waals surface area contributed by atoms with Crippen LogP contribution < -0.4 is 5.73 Å². The molecule has 2 rings (SSSR count). The Hall–Kier alpha value is -0.710. The van der Waals surface area contributed by atoms with Crippen LogP contribution in [-0.4, -0.2) is 25.0 Å². The molecule has 0 aromatic heterocycles. The van der Waals surface area contributed by atoms with Crippen LogP contribution in [0, 0.1) is 11.3 Å². The molecular formula is C8H11F2NO2. The van der Waals surface area contributed by atoms with Crippen LogP contribution in [0.3, 0.4) is 0 Å². The maximum absolute atomic E-state index is 13.2. The van der Waals surface area contributed by atoms with Gasteiger partial charge in [-0.1, -0.05) is 0 Å². The number of ether oxygens (including phenoxy) is 1. The Morgan fingerprint density at radius 2 is 2.08 bits per heavy atom. The van der Waals surface area contributed by atoms with Crippen molar-refractivity contribution < 1.29 is 18.3 Å². The molecule has 2 saturated carbocycles. The van der Waals surface area contributed by atoms with Crippen molar-refractivity contribution in [3.8, 4) is 0 Å². The van der Waals surface area contributed by atoms with Gasteiger partial charge < -0.3 is 10.5 Å². The lowest BCUT2D eigenvalue weighted by atomic mass is 9.75. The summed E-state index contributed by atoms with van der Waals surface area (Å²) in [6.45, 7) is 0. The molecule has 0 aromatic rings. The van der Waals surface area contributed by atoms with Gasteiger partial charge in [-0.3, -0.25) is 4.79 Å². The van der Waals surface area contributed by atoms with Gasteiger partial charge >= 0.3 is 5.97 Å². The molecule has 0 aromatic carbocycles. The lowest BCUT2D eigenvalue weighted by Crippen LogP contribution is -2.41. The van der Waals surface area contributed by atoms with Crippen molar-refractivity contribution in [2.45, 2.75) is 24.8 Å². The minimum atomic E-state index is -2.89. The average molecular weight is 191 g/mol. The van der Waals surface area contributed by atoms with Gasteiger partial charge in [-0.15, -0.1) is 0 Å². The third-order valence-electron chi connectivity index (χ3n) is 3.19. The van der Waals surface area contributed by atoms with Crippen molar-refractivity contribution in [3.05, 3.63) is 0 Å². The summed E-state index contributed by atoms with van der Waals surface area (Å²) < 4.78 is 30.6. The van der Waals surface area contributed by atoms with Gasteiger partial charge in [0.25, 0.3) is 5.92 Å². The SMILES string of the molecule is COC(=O)C1C(F)(F)C12CC(N)C2. The molecule has 0 radical (unpaired) electrons. The van der Waals surface area contributed by atoms with E-state index in [2.05, 4.69) is 4.74 Å². The van der Waals surface area contributed by atoms with E-state index in [-0.39, 0.29) is 18.9 Å². The summed E-state index contributed by atoms with van der Waals surface area (Å²) in [6.07, 6.45) is 0.472.